The van der Waals surface area contributed by atoms with Crippen LogP contribution in [0.3, 0.4) is 0 Å². The van der Waals surface area contributed by atoms with Crippen molar-refractivity contribution < 1.29 is 4.79 Å². The number of likely N-dealkylation sites (tertiary alicyclic amines) is 1. The SMILES string of the molecule is O=C(Nc1cccnc1)C1CCCN1C1CCNCC1. The molecule has 2 aliphatic heterocycles. The molecule has 0 bridgehead atoms. The van der Waals surface area contributed by atoms with Crippen LogP contribution < -0.4 is 10.6 Å². The van der Waals surface area contributed by atoms with E-state index in [1.54, 1.807) is 12.4 Å². The summed E-state index contributed by atoms with van der Waals surface area (Å²) in [7, 11) is 0. The van der Waals surface area contributed by atoms with Crippen molar-refractivity contribution in [3.8, 4) is 0 Å². The molecule has 0 aromatic carbocycles. The molecule has 0 saturated carbocycles. The van der Waals surface area contributed by atoms with Gasteiger partial charge < -0.3 is 10.6 Å². The first-order chi connectivity index (χ1) is 9.84. The summed E-state index contributed by atoms with van der Waals surface area (Å²) in [5.74, 6) is 0.119. The summed E-state index contributed by atoms with van der Waals surface area (Å²) >= 11 is 0. The Kier molecular flexibility index (Phi) is 4.28. The maximum Gasteiger partial charge on any atom is 0.241 e. The zero-order chi connectivity index (χ0) is 13.8. The van der Waals surface area contributed by atoms with E-state index in [1.165, 1.54) is 0 Å². The minimum absolute atomic E-state index is 0.0262. The molecule has 1 aromatic heterocycles. The maximum atomic E-state index is 12.5. The van der Waals surface area contributed by atoms with Crippen molar-refractivity contribution in [1.82, 2.24) is 15.2 Å². The third-order valence-corrected chi connectivity index (χ3v) is 4.30. The number of amides is 1. The number of rotatable bonds is 3. The van der Waals surface area contributed by atoms with Gasteiger partial charge in [0.05, 0.1) is 17.9 Å². The largest absolute Gasteiger partial charge is 0.323 e. The van der Waals surface area contributed by atoms with E-state index in [0.29, 0.717) is 6.04 Å². The van der Waals surface area contributed by atoms with Gasteiger partial charge in [-0.05, 0) is 57.5 Å². The van der Waals surface area contributed by atoms with Crippen LogP contribution in [0.5, 0.6) is 0 Å². The van der Waals surface area contributed by atoms with Gasteiger partial charge in [-0.25, -0.2) is 0 Å². The van der Waals surface area contributed by atoms with Crippen LogP contribution in [0.4, 0.5) is 5.69 Å². The monoisotopic (exact) mass is 274 g/mol. The molecule has 1 atom stereocenters. The van der Waals surface area contributed by atoms with E-state index in [9.17, 15) is 4.79 Å². The van der Waals surface area contributed by atoms with Crippen molar-refractivity contribution >= 4 is 11.6 Å². The van der Waals surface area contributed by atoms with Crippen molar-refractivity contribution in [3.63, 3.8) is 0 Å². The van der Waals surface area contributed by atoms with Gasteiger partial charge in [-0.2, -0.15) is 0 Å². The molecule has 2 fully saturated rings. The van der Waals surface area contributed by atoms with E-state index in [2.05, 4.69) is 20.5 Å². The number of aromatic nitrogens is 1. The topological polar surface area (TPSA) is 57.3 Å². The summed E-state index contributed by atoms with van der Waals surface area (Å²) in [5.41, 5.74) is 0.787. The van der Waals surface area contributed by atoms with Gasteiger partial charge in [0.1, 0.15) is 0 Å². The summed E-state index contributed by atoms with van der Waals surface area (Å²) in [4.78, 5) is 18.9. The fourth-order valence-electron chi connectivity index (χ4n) is 3.31. The zero-order valence-electron chi connectivity index (χ0n) is 11.7. The van der Waals surface area contributed by atoms with Crippen molar-refractivity contribution in [2.24, 2.45) is 0 Å². The molecule has 2 saturated heterocycles. The van der Waals surface area contributed by atoms with E-state index < -0.39 is 0 Å². The molecule has 3 heterocycles. The Labute approximate surface area is 119 Å². The van der Waals surface area contributed by atoms with E-state index in [0.717, 1.165) is 51.0 Å². The Morgan fingerprint density at radius 1 is 1.35 bits per heavy atom. The Bertz CT molecular complexity index is 444. The molecule has 2 N–H and O–H groups in total. The second kappa shape index (κ2) is 6.33. The first kappa shape index (κ1) is 13.5. The molecular formula is C15H22N4O. The van der Waals surface area contributed by atoms with Crippen molar-refractivity contribution in [3.05, 3.63) is 24.5 Å². The van der Waals surface area contributed by atoms with E-state index >= 15 is 0 Å². The van der Waals surface area contributed by atoms with Crippen molar-refractivity contribution in [2.45, 2.75) is 37.8 Å². The van der Waals surface area contributed by atoms with Crippen LogP contribution in [0.1, 0.15) is 25.7 Å². The highest BCUT2D eigenvalue weighted by atomic mass is 16.2. The number of pyridine rings is 1. The number of carbonyl (C=O) groups excluding carboxylic acids is 1. The van der Waals surface area contributed by atoms with Gasteiger partial charge >= 0.3 is 0 Å². The molecular weight excluding hydrogens is 252 g/mol. The average Bonchev–Trinajstić information content (AvgIpc) is 2.99. The number of hydrogen-bond donors (Lipinski definition) is 2. The first-order valence-corrected chi connectivity index (χ1v) is 7.52. The van der Waals surface area contributed by atoms with Crippen LogP contribution in [-0.2, 0) is 4.79 Å². The van der Waals surface area contributed by atoms with Crippen molar-refractivity contribution in [2.75, 3.05) is 25.0 Å². The molecule has 2 aliphatic rings. The predicted molar refractivity (Wildman–Crippen MR) is 78.5 cm³/mol. The molecule has 3 rings (SSSR count). The Morgan fingerprint density at radius 2 is 2.20 bits per heavy atom. The lowest BCUT2D eigenvalue weighted by Crippen LogP contribution is -2.49. The van der Waals surface area contributed by atoms with E-state index in [1.807, 2.05) is 12.1 Å². The first-order valence-electron chi connectivity index (χ1n) is 7.52. The quantitative estimate of drug-likeness (QED) is 0.870. The standard InChI is InChI=1S/C15H22N4O/c20-15(18-12-3-1-7-17-11-12)14-4-2-10-19(14)13-5-8-16-9-6-13/h1,3,7,11,13-14,16H,2,4-6,8-10H2,(H,18,20). The number of carbonyl (C=O) groups is 1. The Morgan fingerprint density at radius 3 is 2.95 bits per heavy atom. The van der Waals surface area contributed by atoms with Gasteiger partial charge in [-0.3, -0.25) is 14.7 Å². The van der Waals surface area contributed by atoms with Gasteiger partial charge in [0, 0.05) is 12.2 Å². The molecule has 5 nitrogen and oxygen atoms in total. The lowest BCUT2D eigenvalue weighted by atomic mass is 10.0. The summed E-state index contributed by atoms with van der Waals surface area (Å²) in [6.07, 6.45) is 7.80. The number of nitrogens with one attached hydrogen (secondary N) is 2. The summed E-state index contributed by atoms with van der Waals surface area (Å²) in [6, 6.07) is 4.31. The molecule has 0 spiro atoms. The smallest absolute Gasteiger partial charge is 0.241 e. The van der Waals surface area contributed by atoms with Gasteiger partial charge in [-0.15, -0.1) is 0 Å². The second-order valence-corrected chi connectivity index (χ2v) is 5.61. The van der Waals surface area contributed by atoms with E-state index in [-0.39, 0.29) is 11.9 Å². The second-order valence-electron chi connectivity index (χ2n) is 5.61. The third kappa shape index (κ3) is 2.99. The number of hydrogen-bond acceptors (Lipinski definition) is 4. The average molecular weight is 274 g/mol. The van der Waals surface area contributed by atoms with Crippen LogP contribution in [0.15, 0.2) is 24.5 Å². The van der Waals surface area contributed by atoms with Crippen LogP contribution in [-0.4, -0.2) is 47.5 Å². The molecule has 1 amide bonds. The molecule has 108 valence electrons. The number of nitrogens with zero attached hydrogens (tertiary/aromatic N) is 2. The maximum absolute atomic E-state index is 12.5. The summed E-state index contributed by atoms with van der Waals surface area (Å²) in [6.45, 7) is 3.19. The van der Waals surface area contributed by atoms with Crippen molar-refractivity contribution in [1.29, 1.82) is 0 Å². The van der Waals surface area contributed by atoms with Gasteiger partial charge in [0.15, 0.2) is 0 Å². The van der Waals surface area contributed by atoms with Gasteiger partial charge in [0.25, 0.3) is 0 Å². The highest BCUT2D eigenvalue weighted by Gasteiger charge is 2.35. The molecule has 1 unspecified atom stereocenters. The highest BCUT2D eigenvalue weighted by molar-refractivity contribution is 5.94. The van der Waals surface area contributed by atoms with Crippen LogP contribution in [0, 0.1) is 0 Å². The lowest BCUT2D eigenvalue weighted by molar-refractivity contribution is -0.121. The van der Waals surface area contributed by atoms with Gasteiger partial charge in [-0.1, -0.05) is 0 Å². The lowest BCUT2D eigenvalue weighted by Gasteiger charge is -2.35. The van der Waals surface area contributed by atoms with E-state index in [4.69, 9.17) is 0 Å². The molecule has 5 heteroatoms. The number of anilines is 1. The minimum Gasteiger partial charge on any atom is -0.323 e. The summed E-state index contributed by atoms with van der Waals surface area (Å²) < 4.78 is 0. The minimum atomic E-state index is 0.0262. The predicted octanol–water partition coefficient (Wildman–Crippen LogP) is 1.24. The third-order valence-electron chi connectivity index (χ3n) is 4.30. The van der Waals surface area contributed by atoms with Crippen LogP contribution >= 0.6 is 0 Å². The van der Waals surface area contributed by atoms with Crippen LogP contribution in [0.2, 0.25) is 0 Å². The zero-order valence-corrected chi connectivity index (χ0v) is 11.7. The molecule has 0 radical (unpaired) electrons. The molecule has 20 heavy (non-hydrogen) atoms. The van der Waals surface area contributed by atoms with Crippen LogP contribution in [0.25, 0.3) is 0 Å². The van der Waals surface area contributed by atoms with Gasteiger partial charge in [0.2, 0.25) is 5.91 Å². The fraction of sp³-hybridized carbons (Fsp3) is 0.600. The number of piperidine rings is 1. The Hall–Kier alpha value is -1.46. The summed E-state index contributed by atoms with van der Waals surface area (Å²) in [5, 5.41) is 6.38. The highest BCUT2D eigenvalue weighted by Crippen LogP contribution is 2.25. The fourth-order valence-corrected chi connectivity index (χ4v) is 3.31. The Balaban J connectivity index is 1.64. The molecule has 1 aromatic rings. The molecule has 0 aliphatic carbocycles. The normalized spacial score (nSPS) is 24.7.